The van der Waals surface area contributed by atoms with E-state index in [9.17, 15) is 9.18 Å². The smallest absolute Gasteiger partial charge is 0.287 e. The van der Waals surface area contributed by atoms with Crippen molar-refractivity contribution in [2.24, 2.45) is 0 Å². The second-order valence-electron chi connectivity index (χ2n) is 4.13. The standard InChI is InChI=1S/C13H13FN2O/c1-7-4-5-10(8(2)6-7)12-15-9(3)11(14)13(17)16-12/h4-6H,1-3H3,(H,15,16,17). The summed E-state index contributed by atoms with van der Waals surface area (Å²) in [6.07, 6.45) is 0. The number of nitrogens with one attached hydrogen (secondary N) is 1. The fourth-order valence-electron chi connectivity index (χ4n) is 1.78. The Balaban J connectivity index is 2.65. The lowest BCUT2D eigenvalue weighted by Crippen LogP contribution is -2.15. The van der Waals surface area contributed by atoms with Crippen LogP contribution in [0, 0.1) is 26.6 Å². The molecule has 1 aromatic carbocycles. The Labute approximate surface area is 98.3 Å². The molecule has 1 N–H and O–H groups in total. The van der Waals surface area contributed by atoms with Crippen molar-refractivity contribution in [1.29, 1.82) is 0 Å². The number of H-pyrrole nitrogens is 1. The highest BCUT2D eigenvalue weighted by Gasteiger charge is 2.10. The van der Waals surface area contributed by atoms with Crippen molar-refractivity contribution in [1.82, 2.24) is 9.97 Å². The molecule has 0 saturated heterocycles. The van der Waals surface area contributed by atoms with Crippen LogP contribution in [0.2, 0.25) is 0 Å². The minimum atomic E-state index is -0.821. The normalized spacial score (nSPS) is 10.6. The van der Waals surface area contributed by atoms with Crippen molar-refractivity contribution in [3.05, 3.63) is 51.2 Å². The number of benzene rings is 1. The number of nitrogens with zero attached hydrogens (tertiary/aromatic N) is 1. The zero-order valence-corrected chi connectivity index (χ0v) is 9.97. The van der Waals surface area contributed by atoms with Crippen LogP contribution in [0.5, 0.6) is 0 Å². The molecule has 0 fully saturated rings. The van der Waals surface area contributed by atoms with Gasteiger partial charge >= 0.3 is 0 Å². The van der Waals surface area contributed by atoms with Gasteiger partial charge in [-0.15, -0.1) is 0 Å². The van der Waals surface area contributed by atoms with Gasteiger partial charge < -0.3 is 4.98 Å². The fourth-order valence-corrected chi connectivity index (χ4v) is 1.78. The van der Waals surface area contributed by atoms with E-state index in [-0.39, 0.29) is 5.69 Å². The molecule has 0 bridgehead atoms. The molecule has 17 heavy (non-hydrogen) atoms. The third-order valence-corrected chi connectivity index (χ3v) is 2.67. The average molecular weight is 232 g/mol. The van der Waals surface area contributed by atoms with Crippen molar-refractivity contribution >= 4 is 0 Å². The van der Waals surface area contributed by atoms with Gasteiger partial charge in [-0.3, -0.25) is 4.79 Å². The fraction of sp³-hybridized carbons (Fsp3) is 0.231. The van der Waals surface area contributed by atoms with Crippen LogP contribution in [0.4, 0.5) is 4.39 Å². The van der Waals surface area contributed by atoms with Crippen LogP contribution >= 0.6 is 0 Å². The number of rotatable bonds is 1. The molecular formula is C13H13FN2O. The molecule has 88 valence electrons. The maximum Gasteiger partial charge on any atom is 0.287 e. The predicted molar refractivity (Wildman–Crippen MR) is 64.5 cm³/mol. The molecule has 2 rings (SSSR count). The number of aromatic nitrogens is 2. The van der Waals surface area contributed by atoms with Crippen molar-refractivity contribution < 1.29 is 4.39 Å². The van der Waals surface area contributed by atoms with Crippen molar-refractivity contribution in [3.8, 4) is 11.4 Å². The Hall–Kier alpha value is -1.97. The summed E-state index contributed by atoms with van der Waals surface area (Å²) in [6.45, 7) is 5.40. The summed E-state index contributed by atoms with van der Waals surface area (Å²) in [4.78, 5) is 17.9. The second-order valence-corrected chi connectivity index (χ2v) is 4.13. The first-order valence-electron chi connectivity index (χ1n) is 5.33. The second kappa shape index (κ2) is 4.13. The molecule has 3 nitrogen and oxygen atoms in total. The topological polar surface area (TPSA) is 45.8 Å². The van der Waals surface area contributed by atoms with Crippen molar-refractivity contribution in [2.75, 3.05) is 0 Å². The molecule has 0 aliphatic rings. The maximum absolute atomic E-state index is 13.2. The largest absolute Gasteiger partial charge is 0.304 e. The molecule has 0 aliphatic carbocycles. The summed E-state index contributed by atoms with van der Waals surface area (Å²) in [6, 6.07) is 5.80. The van der Waals surface area contributed by atoms with Gasteiger partial charge in [-0.05, 0) is 26.3 Å². The Morgan fingerprint density at radius 2 is 1.94 bits per heavy atom. The third-order valence-electron chi connectivity index (χ3n) is 2.67. The lowest BCUT2D eigenvalue weighted by atomic mass is 10.1. The number of aryl methyl sites for hydroxylation is 3. The van der Waals surface area contributed by atoms with Gasteiger partial charge in [0.1, 0.15) is 5.82 Å². The highest BCUT2D eigenvalue weighted by molar-refractivity contribution is 5.60. The number of hydrogen-bond donors (Lipinski definition) is 1. The molecule has 0 spiro atoms. The number of halogens is 1. The van der Waals surface area contributed by atoms with Crippen LogP contribution in [0.25, 0.3) is 11.4 Å². The van der Waals surface area contributed by atoms with Gasteiger partial charge in [0.15, 0.2) is 0 Å². The third kappa shape index (κ3) is 2.11. The summed E-state index contributed by atoms with van der Waals surface area (Å²) in [7, 11) is 0. The van der Waals surface area contributed by atoms with E-state index in [0.29, 0.717) is 5.82 Å². The van der Waals surface area contributed by atoms with E-state index in [0.717, 1.165) is 16.7 Å². The van der Waals surface area contributed by atoms with Crippen LogP contribution < -0.4 is 5.56 Å². The lowest BCUT2D eigenvalue weighted by molar-refractivity contribution is 0.589. The molecule has 2 aromatic rings. The quantitative estimate of drug-likeness (QED) is 0.821. The Morgan fingerprint density at radius 3 is 2.53 bits per heavy atom. The number of aromatic amines is 1. The first-order valence-corrected chi connectivity index (χ1v) is 5.33. The summed E-state index contributed by atoms with van der Waals surface area (Å²) < 4.78 is 13.2. The molecule has 0 aliphatic heterocycles. The molecule has 0 saturated carbocycles. The summed E-state index contributed by atoms with van der Waals surface area (Å²) >= 11 is 0. The van der Waals surface area contributed by atoms with Gasteiger partial charge in [-0.25, -0.2) is 4.98 Å². The Bertz CT molecular complexity index is 632. The molecule has 0 unspecified atom stereocenters. The van der Waals surface area contributed by atoms with E-state index in [2.05, 4.69) is 9.97 Å². The van der Waals surface area contributed by atoms with Gasteiger partial charge in [-0.1, -0.05) is 23.8 Å². The summed E-state index contributed by atoms with van der Waals surface area (Å²) in [5, 5.41) is 0. The Kier molecular flexibility index (Phi) is 2.79. The van der Waals surface area contributed by atoms with E-state index in [4.69, 9.17) is 0 Å². The van der Waals surface area contributed by atoms with Crippen molar-refractivity contribution in [2.45, 2.75) is 20.8 Å². The average Bonchev–Trinajstić information content (AvgIpc) is 2.25. The summed E-state index contributed by atoms with van der Waals surface area (Å²) in [5.74, 6) is -0.412. The van der Waals surface area contributed by atoms with Crippen LogP contribution in [0.3, 0.4) is 0 Å². The van der Waals surface area contributed by atoms with Gasteiger partial charge in [0.25, 0.3) is 5.56 Å². The molecule has 1 heterocycles. The molecule has 1 aromatic heterocycles. The highest BCUT2D eigenvalue weighted by Crippen LogP contribution is 2.20. The molecular weight excluding hydrogens is 219 g/mol. The van der Waals surface area contributed by atoms with Gasteiger partial charge in [-0.2, -0.15) is 4.39 Å². The van der Waals surface area contributed by atoms with Crippen LogP contribution in [0.15, 0.2) is 23.0 Å². The maximum atomic E-state index is 13.2. The molecule has 0 atom stereocenters. The van der Waals surface area contributed by atoms with Crippen LogP contribution in [-0.2, 0) is 0 Å². The van der Waals surface area contributed by atoms with E-state index < -0.39 is 11.4 Å². The SMILES string of the molecule is Cc1ccc(-c2nc(C)c(F)c(=O)[nH]2)c(C)c1. The highest BCUT2D eigenvalue weighted by atomic mass is 19.1. The zero-order chi connectivity index (χ0) is 12.6. The minimum Gasteiger partial charge on any atom is -0.304 e. The van der Waals surface area contributed by atoms with E-state index in [1.54, 1.807) is 0 Å². The van der Waals surface area contributed by atoms with Gasteiger partial charge in [0.2, 0.25) is 5.82 Å². The van der Waals surface area contributed by atoms with Crippen molar-refractivity contribution in [3.63, 3.8) is 0 Å². The molecule has 4 heteroatoms. The lowest BCUT2D eigenvalue weighted by Gasteiger charge is -2.07. The number of hydrogen-bond acceptors (Lipinski definition) is 2. The molecule has 0 amide bonds. The van der Waals surface area contributed by atoms with Crippen LogP contribution in [0.1, 0.15) is 16.8 Å². The van der Waals surface area contributed by atoms with Crippen LogP contribution in [-0.4, -0.2) is 9.97 Å². The minimum absolute atomic E-state index is 0.115. The summed E-state index contributed by atoms with van der Waals surface area (Å²) in [5.41, 5.74) is 2.33. The first-order chi connectivity index (χ1) is 7.99. The van der Waals surface area contributed by atoms with E-state index in [1.165, 1.54) is 6.92 Å². The monoisotopic (exact) mass is 232 g/mol. The Morgan fingerprint density at radius 1 is 1.24 bits per heavy atom. The predicted octanol–water partition coefficient (Wildman–Crippen LogP) is 2.50. The van der Waals surface area contributed by atoms with E-state index in [1.807, 2.05) is 32.0 Å². The zero-order valence-electron chi connectivity index (χ0n) is 9.97. The first kappa shape index (κ1) is 11.5. The van der Waals surface area contributed by atoms with E-state index >= 15 is 0 Å². The molecule has 0 radical (unpaired) electrons. The van der Waals surface area contributed by atoms with Gasteiger partial charge in [0, 0.05) is 5.56 Å². The van der Waals surface area contributed by atoms with Gasteiger partial charge in [0.05, 0.1) is 5.69 Å².